The molecule has 0 aliphatic rings. The van der Waals surface area contributed by atoms with Crippen LogP contribution in [-0.4, -0.2) is 25.4 Å². The van der Waals surface area contributed by atoms with Gasteiger partial charge >= 0.3 is 0 Å². The molecule has 3 N–H and O–H groups in total. The number of unbranched alkanes of at least 4 members (excludes halogenated alkanes) is 1. The molecule has 0 bridgehead atoms. The average molecular weight is 214 g/mol. The van der Waals surface area contributed by atoms with Crippen LogP contribution < -0.4 is 11.1 Å². The Kier molecular flexibility index (Phi) is 8.62. The summed E-state index contributed by atoms with van der Waals surface area (Å²) in [6.45, 7) is 4.83. The zero-order valence-electron chi connectivity index (χ0n) is 10.4. The summed E-state index contributed by atoms with van der Waals surface area (Å²) in [5, 5.41) is 3.22. The van der Waals surface area contributed by atoms with E-state index in [1.165, 1.54) is 0 Å². The van der Waals surface area contributed by atoms with Crippen molar-refractivity contribution in [2.45, 2.75) is 52.0 Å². The molecule has 0 spiro atoms. The van der Waals surface area contributed by atoms with Gasteiger partial charge in [-0.3, -0.25) is 4.79 Å². The molecule has 3 nitrogen and oxygen atoms in total. The molecule has 90 valence electrons. The van der Waals surface area contributed by atoms with Gasteiger partial charge in [-0.25, -0.2) is 0 Å². The number of rotatable bonds is 9. The van der Waals surface area contributed by atoms with Gasteiger partial charge in [-0.15, -0.1) is 0 Å². The van der Waals surface area contributed by atoms with Crippen LogP contribution >= 0.6 is 0 Å². The maximum absolute atomic E-state index is 11.1. The molecular formula is C12H26N2O. The van der Waals surface area contributed by atoms with Gasteiger partial charge in [0.15, 0.2) is 0 Å². The predicted octanol–water partition coefficient (Wildman–Crippen LogP) is 1.71. The van der Waals surface area contributed by atoms with E-state index in [2.05, 4.69) is 12.2 Å². The Hall–Kier alpha value is -0.410. The fraction of sp³-hybridized carbons (Fsp3) is 0.917. The van der Waals surface area contributed by atoms with Crippen LogP contribution in [0, 0.1) is 5.92 Å². The van der Waals surface area contributed by atoms with Crippen molar-refractivity contribution < 1.29 is 4.79 Å². The van der Waals surface area contributed by atoms with Crippen molar-refractivity contribution in [3.05, 3.63) is 0 Å². The Balaban J connectivity index is 3.53. The summed E-state index contributed by atoms with van der Waals surface area (Å²) in [6, 6.07) is 0.409. The van der Waals surface area contributed by atoms with Crippen molar-refractivity contribution in [1.29, 1.82) is 0 Å². The van der Waals surface area contributed by atoms with Gasteiger partial charge in [0.2, 0.25) is 0 Å². The van der Waals surface area contributed by atoms with E-state index in [1.807, 2.05) is 14.0 Å². The molecule has 0 heterocycles. The third-order valence-corrected chi connectivity index (χ3v) is 3.07. The Labute approximate surface area is 93.8 Å². The highest BCUT2D eigenvalue weighted by atomic mass is 16.1. The summed E-state index contributed by atoms with van der Waals surface area (Å²) in [4.78, 5) is 11.1. The van der Waals surface area contributed by atoms with E-state index in [-0.39, 0.29) is 0 Å². The molecule has 0 amide bonds. The smallest absolute Gasteiger partial charge is 0.132 e. The lowest BCUT2D eigenvalue weighted by Gasteiger charge is -2.21. The minimum atomic E-state index is 0.381. The minimum absolute atomic E-state index is 0.381. The first-order valence-corrected chi connectivity index (χ1v) is 6.04. The second-order valence-corrected chi connectivity index (χ2v) is 4.25. The minimum Gasteiger partial charge on any atom is -0.329 e. The lowest BCUT2D eigenvalue weighted by molar-refractivity contribution is -0.118. The van der Waals surface area contributed by atoms with Gasteiger partial charge in [0.05, 0.1) is 0 Å². The molecule has 2 atom stereocenters. The van der Waals surface area contributed by atoms with E-state index in [4.69, 9.17) is 5.73 Å². The van der Waals surface area contributed by atoms with E-state index in [0.717, 1.165) is 25.7 Å². The molecule has 2 unspecified atom stereocenters. The Morgan fingerprint density at radius 3 is 2.53 bits per heavy atom. The summed E-state index contributed by atoms with van der Waals surface area (Å²) in [7, 11) is 1.95. The van der Waals surface area contributed by atoms with Crippen LogP contribution in [0.4, 0.5) is 0 Å². The molecule has 0 saturated heterocycles. The average Bonchev–Trinajstić information content (AvgIpc) is 2.25. The van der Waals surface area contributed by atoms with Crippen LogP contribution in [0.2, 0.25) is 0 Å². The Morgan fingerprint density at radius 1 is 1.40 bits per heavy atom. The molecule has 0 saturated carbocycles. The van der Waals surface area contributed by atoms with Crippen LogP contribution in [0.3, 0.4) is 0 Å². The summed E-state index contributed by atoms with van der Waals surface area (Å²) in [5.74, 6) is 0.975. The standard InChI is InChI=1S/C12H26N2O/c1-4-11(15)8-6-5-7-10(2)12(9-13)14-3/h10,12,14H,4-9,13H2,1-3H3. The van der Waals surface area contributed by atoms with Crippen molar-refractivity contribution in [2.24, 2.45) is 11.7 Å². The molecule has 0 aromatic carbocycles. The molecule has 0 aliphatic carbocycles. The quantitative estimate of drug-likeness (QED) is 0.574. The first kappa shape index (κ1) is 14.6. The highest BCUT2D eigenvalue weighted by molar-refractivity contribution is 5.77. The largest absolute Gasteiger partial charge is 0.329 e. The number of Topliss-reactive ketones (excluding diaryl/α,β-unsaturated/α-hetero) is 1. The van der Waals surface area contributed by atoms with Crippen molar-refractivity contribution in [2.75, 3.05) is 13.6 Å². The molecule has 15 heavy (non-hydrogen) atoms. The van der Waals surface area contributed by atoms with E-state index in [9.17, 15) is 4.79 Å². The zero-order valence-corrected chi connectivity index (χ0v) is 10.4. The van der Waals surface area contributed by atoms with Crippen molar-refractivity contribution in [3.63, 3.8) is 0 Å². The van der Waals surface area contributed by atoms with Gasteiger partial charge < -0.3 is 11.1 Å². The number of likely N-dealkylation sites (N-methyl/N-ethyl adjacent to an activating group) is 1. The second kappa shape index (κ2) is 8.86. The molecule has 0 radical (unpaired) electrons. The summed E-state index contributed by atoms with van der Waals surface area (Å²) < 4.78 is 0. The van der Waals surface area contributed by atoms with Gasteiger partial charge in [-0.05, 0) is 25.8 Å². The van der Waals surface area contributed by atoms with Crippen molar-refractivity contribution in [1.82, 2.24) is 5.32 Å². The zero-order chi connectivity index (χ0) is 11.7. The lowest BCUT2D eigenvalue weighted by atomic mass is 9.95. The van der Waals surface area contributed by atoms with Crippen LogP contribution in [0.1, 0.15) is 46.0 Å². The second-order valence-electron chi connectivity index (χ2n) is 4.25. The summed E-state index contributed by atoms with van der Waals surface area (Å²) >= 11 is 0. The topological polar surface area (TPSA) is 55.1 Å². The maximum atomic E-state index is 11.1. The summed E-state index contributed by atoms with van der Waals surface area (Å²) in [5.41, 5.74) is 5.64. The molecule has 0 fully saturated rings. The number of carbonyl (C=O) groups is 1. The number of nitrogens with two attached hydrogens (primary N) is 1. The molecule has 0 rings (SSSR count). The van der Waals surface area contributed by atoms with Crippen LogP contribution in [0.5, 0.6) is 0 Å². The highest BCUT2D eigenvalue weighted by Gasteiger charge is 2.12. The number of carbonyl (C=O) groups excluding carboxylic acids is 1. The molecule has 0 aromatic rings. The van der Waals surface area contributed by atoms with Crippen molar-refractivity contribution >= 4 is 5.78 Å². The SMILES string of the molecule is CCC(=O)CCCCC(C)C(CN)NC. The maximum Gasteiger partial charge on any atom is 0.132 e. The van der Waals surface area contributed by atoms with Gasteiger partial charge in [0.1, 0.15) is 5.78 Å². The van der Waals surface area contributed by atoms with E-state index < -0.39 is 0 Å². The van der Waals surface area contributed by atoms with E-state index in [0.29, 0.717) is 30.7 Å². The third-order valence-electron chi connectivity index (χ3n) is 3.07. The number of hydrogen-bond acceptors (Lipinski definition) is 3. The van der Waals surface area contributed by atoms with E-state index >= 15 is 0 Å². The van der Waals surface area contributed by atoms with Gasteiger partial charge in [-0.2, -0.15) is 0 Å². The lowest BCUT2D eigenvalue weighted by Crippen LogP contribution is -2.38. The Morgan fingerprint density at radius 2 is 2.07 bits per heavy atom. The first-order valence-electron chi connectivity index (χ1n) is 6.04. The number of nitrogens with one attached hydrogen (secondary N) is 1. The molecule has 0 aliphatic heterocycles. The van der Waals surface area contributed by atoms with Crippen LogP contribution in [-0.2, 0) is 4.79 Å². The van der Waals surface area contributed by atoms with Gasteiger partial charge in [-0.1, -0.05) is 20.3 Å². The summed E-state index contributed by atoms with van der Waals surface area (Å²) in [6.07, 6.45) is 4.73. The normalized spacial score (nSPS) is 14.9. The van der Waals surface area contributed by atoms with Crippen molar-refractivity contribution in [3.8, 4) is 0 Å². The Bertz CT molecular complexity index is 167. The molecule has 3 heteroatoms. The predicted molar refractivity (Wildman–Crippen MR) is 64.8 cm³/mol. The fourth-order valence-corrected chi connectivity index (χ4v) is 1.80. The fourth-order valence-electron chi connectivity index (χ4n) is 1.80. The van der Waals surface area contributed by atoms with E-state index in [1.54, 1.807) is 0 Å². The molecule has 0 aromatic heterocycles. The van der Waals surface area contributed by atoms with Gasteiger partial charge in [0.25, 0.3) is 0 Å². The monoisotopic (exact) mass is 214 g/mol. The first-order chi connectivity index (χ1) is 7.15. The third kappa shape index (κ3) is 6.63. The number of hydrogen-bond donors (Lipinski definition) is 2. The number of ketones is 1. The highest BCUT2D eigenvalue weighted by Crippen LogP contribution is 2.13. The molecular weight excluding hydrogens is 188 g/mol. The van der Waals surface area contributed by atoms with Crippen LogP contribution in [0.25, 0.3) is 0 Å². The van der Waals surface area contributed by atoms with Gasteiger partial charge in [0, 0.05) is 25.4 Å². The van der Waals surface area contributed by atoms with Crippen LogP contribution in [0.15, 0.2) is 0 Å².